The van der Waals surface area contributed by atoms with Crippen LogP contribution in [0, 0.1) is 0 Å². The van der Waals surface area contributed by atoms with Gasteiger partial charge in [0.1, 0.15) is 5.56 Å². The lowest BCUT2D eigenvalue weighted by Crippen LogP contribution is -1.99. The zero-order valence-corrected chi connectivity index (χ0v) is 9.19. The second-order valence-electron chi connectivity index (χ2n) is 3.66. The first kappa shape index (κ1) is 10.4. The van der Waals surface area contributed by atoms with Crippen LogP contribution < -0.4 is 0 Å². The molecule has 6 nitrogen and oxygen atoms in total. The van der Waals surface area contributed by atoms with Gasteiger partial charge in [0.2, 0.25) is 0 Å². The normalized spacial score (nSPS) is 10.7. The van der Waals surface area contributed by atoms with Gasteiger partial charge in [-0.25, -0.2) is 14.3 Å². The number of carboxylic acids is 1. The van der Waals surface area contributed by atoms with Crippen molar-refractivity contribution in [3.8, 4) is 11.3 Å². The summed E-state index contributed by atoms with van der Waals surface area (Å²) in [6, 6.07) is 5.44. The van der Waals surface area contributed by atoms with Crippen LogP contribution in [0.1, 0.15) is 10.4 Å². The van der Waals surface area contributed by atoms with Crippen LogP contribution in [-0.2, 0) is 0 Å². The number of carbonyl (C=O) groups is 1. The second kappa shape index (κ2) is 3.92. The first-order valence-electron chi connectivity index (χ1n) is 5.24. The minimum Gasteiger partial charge on any atom is -0.477 e. The fourth-order valence-corrected chi connectivity index (χ4v) is 1.78. The number of nitrogens with zero attached hydrogens (tertiary/aromatic N) is 4. The van der Waals surface area contributed by atoms with Crippen molar-refractivity contribution in [3.05, 3.63) is 48.5 Å². The van der Waals surface area contributed by atoms with Gasteiger partial charge in [-0.05, 0) is 18.2 Å². The largest absolute Gasteiger partial charge is 0.477 e. The topological polar surface area (TPSA) is 80.4 Å². The molecule has 0 aliphatic heterocycles. The molecule has 0 bridgehead atoms. The average molecular weight is 240 g/mol. The minimum atomic E-state index is -1.04. The van der Waals surface area contributed by atoms with Crippen molar-refractivity contribution >= 4 is 11.6 Å². The molecule has 0 saturated carbocycles. The summed E-state index contributed by atoms with van der Waals surface area (Å²) >= 11 is 0. The molecule has 6 heteroatoms. The van der Waals surface area contributed by atoms with Crippen molar-refractivity contribution in [2.24, 2.45) is 0 Å². The van der Waals surface area contributed by atoms with E-state index in [9.17, 15) is 4.79 Å². The minimum absolute atomic E-state index is 0.0888. The molecule has 0 amide bonds. The molecular weight excluding hydrogens is 232 g/mol. The van der Waals surface area contributed by atoms with E-state index >= 15 is 0 Å². The molecule has 0 spiro atoms. The smallest absolute Gasteiger partial charge is 0.341 e. The van der Waals surface area contributed by atoms with Gasteiger partial charge in [-0.3, -0.25) is 4.98 Å². The van der Waals surface area contributed by atoms with E-state index in [2.05, 4.69) is 15.1 Å². The van der Waals surface area contributed by atoms with Crippen molar-refractivity contribution in [2.75, 3.05) is 0 Å². The maximum Gasteiger partial charge on any atom is 0.341 e. The standard InChI is InChI=1S/C12H8N4O2/c17-12(18)9-7-15-16-10(3-6-14-11(9)16)8-1-4-13-5-2-8/h1-7H,(H,17,18). The summed E-state index contributed by atoms with van der Waals surface area (Å²) in [6.45, 7) is 0. The van der Waals surface area contributed by atoms with Gasteiger partial charge in [0, 0.05) is 24.2 Å². The Morgan fingerprint density at radius 2 is 1.94 bits per heavy atom. The Morgan fingerprint density at radius 3 is 2.67 bits per heavy atom. The van der Waals surface area contributed by atoms with Crippen LogP contribution in [0.15, 0.2) is 43.0 Å². The summed E-state index contributed by atoms with van der Waals surface area (Å²) in [6.07, 6.45) is 6.21. The number of rotatable bonds is 2. The van der Waals surface area contributed by atoms with E-state index in [-0.39, 0.29) is 5.56 Å². The third-order valence-electron chi connectivity index (χ3n) is 2.61. The summed E-state index contributed by atoms with van der Waals surface area (Å²) in [5.41, 5.74) is 2.09. The summed E-state index contributed by atoms with van der Waals surface area (Å²) in [7, 11) is 0. The molecule has 0 fully saturated rings. The van der Waals surface area contributed by atoms with Crippen molar-refractivity contribution in [1.82, 2.24) is 19.6 Å². The Hall–Kier alpha value is -2.76. The number of fused-ring (bicyclic) bond motifs is 1. The molecule has 3 aromatic heterocycles. The van der Waals surface area contributed by atoms with Crippen molar-refractivity contribution in [3.63, 3.8) is 0 Å². The van der Waals surface area contributed by atoms with Crippen molar-refractivity contribution < 1.29 is 9.90 Å². The van der Waals surface area contributed by atoms with Gasteiger partial charge in [-0.1, -0.05) is 0 Å². The lowest BCUT2D eigenvalue weighted by molar-refractivity contribution is 0.0699. The number of hydrogen-bond acceptors (Lipinski definition) is 4. The molecule has 0 aliphatic carbocycles. The lowest BCUT2D eigenvalue weighted by Gasteiger charge is -2.03. The van der Waals surface area contributed by atoms with Crippen LogP contribution in [0.2, 0.25) is 0 Å². The van der Waals surface area contributed by atoms with E-state index in [1.54, 1.807) is 24.7 Å². The Kier molecular flexibility index (Phi) is 2.26. The van der Waals surface area contributed by atoms with Crippen LogP contribution in [0.5, 0.6) is 0 Å². The Labute approximate surface area is 102 Å². The van der Waals surface area contributed by atoms with Crippen LogP contribution in [0.4, 0.5) is 0 Å². The number of aromatic carboxylic acids is 1. The SMILES string of the molecule is O=C(O)c1cnn2c(-c3ccncc3)ccnc12. The number of aromatic nitrogens is 4. The maximum atomic E-state index is 11.0. The highest BCUT2D eigenvalue weighted by atomic mass is 16.4. The molecule has 3 aromatic rings. The molecule has 18 heavy (non-hydrogen) atoms. The summed E-state index contributed by atoms with van der Waals surface area (Å²) in [5, 5.41) is 13.1. The quantitative estimate of drug-likeness (QED) is 0.734. The third-order valence-corrected chi connectivity index (χ3v) is 2.61. The van der Waals surface area contributed by atoms with E-state index in [4.69, 9.17) is 5.11 Å². The number of carboxylic acid groups (broad SMARTS) is 1. The molecule has 0 atom stereocenters. The maximum absolute atomic E-state index is 11.0. The number of pyridine rings is 1. The summed E-state index contributed by atoms with van der Waals surface area (Å²) in [5.74, 6) is -1.04. The third kappa shape index (κ3) is 1.51. The van der Waals surface area contributed by atoms with E-state index in [1.165, 1.54) is 10.7 Å². The lowest BCUT2D eigenvalue weighted by atomic mass is 10.2. The van der Waals surface area contributed by atoms with Gasteiger partial charge in [0.05, 0.1) is 11.9 Å². The molecule has 0 saturated heterocycles. The predicted molar refractivity (Wildman–Crippen MR) is 63.2 cm³/mol. The molecule has 3 heterocycles. The fraction of sp³-hybridized carbons (Fsp3) is 0. The second-order valence-corrected chi connectivity index (χ2v) is 3.66. The van der Waals surface area contributed by atoms with E-state index in [0.717, 1.165) is 11.3 Å². The predicted octanol–water partition coefficient (Wildman–Crippen LogP) is 1.49. The van der Waals surface area contributed by atoms with Gasteiger partial charge in [0.15, 0.2) is 5.65 Å². The van der Waals surface area contributed by atoms with Crippen LogP contribution in [-0.4, -0.2) is 30.7 Å². The molecule has 88 valence electrons. The Balaban J connectivity index is 2.29. The molecular formula is C12H8N4O2. The van der Waals surface area contributed by atoms with Gasteiger partial charge in [-0.15, -0.1) is 0 Å². The highest BCUT2D eigenvalue weighted by Crippen LogP contribution is 2.19. The molecule has 0 unspecified atom stereocenters. The van der Waals surface area contributed by atoms with E-state index < -0.39 is 5.97 Å². The Bertz CT molecular complexity index is 721. The first-order chi connectivity index (χ1) is 8.77. The highest BCUT2D eigenvalue weighted by molar-refractivity contribution is 5.94. The van der Waals surface area contributed by atoms with Crippen LogP contribution in [0.25, 0.3) is 16.9 Å². The monoisotopic (exact) mass is 240 g/mol. The number of hydrogen-bond donors (Lipinski definition) is 1. The summed E-state index contributed by atoms with van der Waals surface area (Å²) < 4.78 is 1.51. The molecule has 0 radical (unpaired) electrons. The average Bonchev–Trinajstić information content (AvgIpc) is 2.83. The van der Waals surface area contributed by atoms with Gasteiger partial charge in [-0.2, -0.15) is 5.10 Å². The van der Waals surface area contributed by atoms with Crippen molar-refractivity contribution in [2.45, 2.75) is 0 Å². The van der Waals surface area contributed by atoms with Crippen molar-refractivity contribution in [1.29, 1.82) is 0 Å². The molecule has 3 rings (SSSR count). The van der Waals surface area contributed by atoms with E-state index in [1.807, 2.05) is 12.1 Å². The fourth-order valence-electron chi connectivity index (χ4n) is 1.78. The van der Waals surface area contributed by atoms with Gasteiger partial charge >= 0.3 is 5.97 Å². The van der Waals surface area contributed by atoms with Crippen LogP contribution >= 0.6 is 0 Å². The molecule has 1 N–H and O–H groups in total. The zero-order chi connectivity index (χ0) is 12.5. The Morgan fingerprint density at radius 1 is 1.17 bits per heavy atom. The first-order valence-corrected chi connectivity index (χ1v) is 5.24. The molecule has 0 aliphatic rings. The summed E-state index contributed by atoms with van der Waals surface area (Å²) in [4.78, 5) is 19.0. The van der Waals surface area contributed by atoms with Gasteiger partial charge < -0.3 is 5.11 Å². The van der Waals surface area contributed by atoms with E-state index in [0.29, 0.717) is 5.65 Å². The molecule has 0 aromatic carbocycles. The van der Waals surface area contributed by atoms with Crippen LogP contribution in [0.3, 0.4) is 0 Å². The van der Waals surface area contributed by atoms with Gasteiger partial charge in [0.25, 0.3) is 0 Å². The zero-order valence-electron chi connectivity index (χ0n) is 9.19. The highest BCUT2D eigenvalue weighted by Gasteiger charge is 2.14.